The van der Waals surface area contributed by atoms with Crippen LogP contribution in [0.4, 0.5) is 5.69 Å². The molecule has 24 heavy (non-hydrogen) atoms. The number of nitrogens with zero attached hydrogens (tertiary/aromatic N) is 1. The Morgan fingerprint density at radius 3 is 1.88 bits per heavy atom. The average molecular weight is 369 g/mol. The Morgan fingerprint density at radius 2 is 1.38 bits per heavy atom. The zero-order valence-corrected chi connectivity index (χ0v) is 14.9. The van der Waals surface area contributed by atoms with Crippen LogP contribution >= 0.6 is 0 Å². The van der Waals surface area contributed by atoms with Gasteiger partial charge in [0.1, 0.15) is 0 Å². The van der Waals surface area contributed by atoms with Crippen molar-refractivity contribution in [3.05, 3.63) is 48.8 Å². The average Bonchev–Trinajstić information content (AvgIpc) is 2.54. The molecule has 0 bridgehead atoms. The largest absolute Gasteiger partial charge is 0.280 e. The number of pyridine rings is 1. The van der Waals surface area contributed by atoms with Gasteiger partial charge in [0.25, 0.3) is 10.0 Å². The number of hydrogen-bond donors (Lipinski definition) is 2. The molecule has 1 aromatic heterocycles. The standard InChI is InChI=1S/C15H19N3O4S2/c1-12(2)11-17-23(19,20)14-3-5-15(6-4-14)24(21,22)18-13-7-9-16-10-8-13/h3-10,12,17H,11H2,1-2H3,(H,16,18). The monoisotopic (exact) mass is 369 g/mol. The summed E-state index contributed by atoms with van der Waals surface area (Å²) in [4.78, 5) is 3.80. The van der Waals surface area contributed by atoms with Crippen molar-refractivity contribution in [2.75, 3.05) is 11.3 Å². The van der Waals surface area contributed by atoms with Gasteiger partial charge in [0.15, 0.2) is 0 Å². The van der Waals surface area contributed by atoms with Gasteiger partial charge in [-0.1, -0.05) is 13.8 Å². The molecule has 0 saturated heterocycles. The van der Waals surface area contributed by atoms with Gasteiger partial charge in [-0.2, -0.15) is 0 Å². The second kappa shape index (κ2) is 7.29. The third kappa shape index (κ3) is 4.76. The third-order valence-electron chi connectivity index (χ3n) is 3.06. The van der Waals surface area contributed by atoms with Crippen molar-refractivity contribution in [2.45, 2.75) is 23.6 Å². The van der Waals surface area contributed by atoms with Gasteiger partial charge in [-0.05, 0) is 42.3 Å². The molecule has 7 nitrogen and oxygen atoms in total. The summed E-state index contributed by atoms with van der Waals surface area (Å²) in [6.45, 7) is 4.10. The first-order valence-corrected chi connectivity index (χ1v) is 10.2. The Kier molecular flexibility index (Phi) is 5.58. The second-order valence-corrected chi connectivity index (χ2v) is 9.01. The summed E-state index contributed by atoms with van der Waals surface area (Å²) < 4.78 is 53.6. The topological polar surface area (TPSA) is 105 Å². The summed E-state index contributed by atoms with van der Waals surface area (Å²) in [6.07, 6.45) is 2.93. The van der Waals surface area contributed by atoms with Crippen LogP contribution in [0.5, 0.6) is 0 Å². The Hall–Kier alpha value is -1.97. The Balaban J connectivity index is 2.19. The predicted octanol–water partition coefficient (Wildman–Crippen LogP) is 1.82. The predicted molar refractivity (Wildman–Crippen MR) is 91.5 cm³/mol. The fourth-order valence-corrected chi connectivity index (χ4v) is 4.06. The first kappa shape index (κ1) is 18.4. The van der Waals surface area contributed by atoms with Gasteiger partial charge in [-0.3, -0.25) is 9.71 Å². The van der Waals surface area contributed by atoms with E-state index in [0.717, 1.165) is 0 Å². The Bertz CT molecular complexity index is 878. The van der Waals surface area contributed by atoms with Gasteiger partial charge in [-0.25, -0.2) is 21.6 Å². The van der Waals surface area contributed by atoms with E-state index in [1.165, 1.54) is 48.8 Å². The molecule has 2 rings (SSSR count). The molecule has 1 heterocycles. The highest BCUT2D eigenvalue weighted by atomic mass is 32.2. The maximum atomic E-state index is 12.3. The summed E-state index contributed by atoms with van der Waals surface area (Å²) in [5, 5.41) is 0. The first-order chi connectivity index (χ1) is 11.2. The fraction of sp³-hybridized carbons (Fsp3) is 0.267. The van der Waals surface area contributed by atoms with E-state index in [4.69, 9.17) is 0 Å². The maximum Gasteiger partial charge on any atom is 0.261 e. The zero-order chi connectivity index (χ0) is 17.8. The molecule has 130 valence electrons. The molecule has 1 aromatic carbocycles. The van der Waals surface area contributed by atoms with Crippen LogP contribution in [0.25, 0.3) is 0 Å². The second-order valence-electron chi connectivity index (χ2n) is 5.56. The van der Waals surface area contributed by atoms with Gasteiger partial charge < -0.3 is 0 Å². The van der Waals surface area contributed by atoms with E-state index in [2.05, 4.69) is 14.4 Å². The number of hydrogen-bond acceptors (Lipinski definition) is 5. The van der Waals surface area contributed by atoms with E-state index in [-0.39, 0.29) is 15.7 Å². The molecule has 0 radical (unpaired) electrons. The summed E-state index contributed by atoms with van der Waals surface area (Å²) in [6, 6.07) is 8.09. The van der Waals surface area contributed by atoms with Crippen molar-refractivity contribution in [3.63, 3.8) is 0 Å². The summed E-state index contributed by atoms with van der Waals surface area (Å²) >= 11 is 0. The lowest BCUT2D eigenvalue weighted by atomic mass is 10.2. The van der Waals surface area contributed by atoms with Crippen LogP contribution in [-0.2, 0) is 20.0 Å². The highest BCUT2D eigenvalue weighted by Gasteiger charge is 2.18. The van der Waals surface area contributed by atoms with Crippen LogP contribution in [0, 0.1) is 5.92 Å². The number of rotatable bonds is 7. The maximum absolute atomic E-state index is 12.3. The molecular formula is C15H19N3O4S2. The molecule has 2 aromatic rings. The number of anilines is 1. The van der Waals surface area contributed by atoms with E-state index in [0.29, 0.717) is 12.2 Å². The normalized spacial score (nSPS) is 12.3. The van der Waals surface area contributed by atoms with Gasteiger partial charge >= 0.3 is 0 Å². The van der Waals surface area contributed by atoms with Crippen LogP contribution in [0.3, 0.4) is 0 Å². The molecular weight excluding hydrogens is 350 g/mol. The summed E-state index contributed by atoms with van der Waals surface area (Å²) in [5.41, 5.74) is 0.375. The molecule has 0 aliphatic heterocycles. The van der Waals surface area contributed by atoms with Crippen LogP contribution in [0.2, 0.25) is 0 Å². The number of nitrogens with one attached hydrogen (secondary N) is 2. The molecule has 0 unspecified atom stereocenters. The lowest BCUT2D eigenvalue weighted by Gasteiger charge is -2.10. The van der Waals surface area contributed by atoms with E-state index in [1.807, 2.05) is 13.8 Å². The van der Waals surface area contributed by atoms with Crippen molar-refractivity contribution in [3.8, 4) is 0 Å². The first-order valence-electron chi connectivity index (χ1n) is 7.23. The van der Waals surface area contributed by atoms with Gasteiger partial charge in [0, 0.05) is 18.9 Å². The van der Waals surface area contributed by atoms with E-state index < -0.39 is 20.0 Å². The van der Waals surface area contributed by atoms with E-state index >= 15 is 0 Å². The Labute approximate surface area is 142 Å². The van der Waals surface area contributed by atoms with Gasteiger partial charge in [0.05, 0.1) is 15.5 Å². The number of sulfonamides is 2. The van der Waals surface area contributed by atoms with Gasteiger partial charge in [-0.15, -0.1) is 0 Å². The van der Waals surface area contributed by atoms with Gasteiger partial charge in [0.2, 0.25) is 10.0 Å². The minimum atomic E-state index is -3.79. The number of benzene rings is 1. The Morgan fingerprint density at radius 1 is 0.875 bits per heavy atom. The molecule has 0 fully saturated rings. The minimum absolute atomic E-state index is 0.0195. The highest BCUT2D eigenvalue weighted by molar-refractivity contribution is 7.92. The minimum Gasteiger partial charge on any atom is -0.280 e. The van der Waals surface area contributed by atoms with Crippen molar-refractivity contribution in [2.24, 2.45) is 5.92 Å². The van der Waals surface area contributed by atoms with Crippen molar-refractivity contribution in [1.29, 1.82) is 0 Å². The van der Waals surface area contributed by atoms with E-state index in [9.17, 15) is 16.8 Å². The molecule has 0 saturated carbocycles. The number of aromatic nitrogens is 1. The van der Waals surface area contributed by atoms with Crippen LogP contribution < -0.4 is 9.44 Å². The summed E-state index contributed by atoms with van der Waals surface area (Å²) in [7, 11) is -7.44. The van der Waals surface area contributed by atoms with Crippen LogP contribution in [-0.4, -0.2) is 28.4 Å². The lowest BCUT2D eigenvalue weighted by Crippen LogP contribution is -2.27. The molecule has 2 N–H and O–H groups in total. The van der Waals surface area contributed by atoms with Crippen molar-refractivity contribution in [1.82, 2.24) is 9.71 Å². The van der Waals surface area contributed by atoms with E-state index in [1.54, 1.807) is 0 Å². The third-order valence-corrected chi connectivity index (χ3v) is 5.90. The smallest absolute Gasteiger partial charge is 0.261 e. The van der Waals surface area contributed by atoms with Crippen LogP contribution in [0.15, 0.2) is 58.6 Å². The fourth-order valence-electron chi connectivity index (χ4n) is 1.79. The molecule has 0 spiro atoms. The molecule has 0 aliphatic carbocycles. The molecule has 0 atom stereocenters. The zero-order valence-electron chi connectivity index (χ0n) is 13.3. The SMILES string of the molecule is CC(C)CNS(=O)(=O)c1ccc(S(=O)(=O)Nc2ccncc2)cc1. The molecule has 0 amide bonds. The quantitative estimate of drug-likeness (QED) is 0.774. The van der Waals surface area contributed by atoms with Crippen molar-refractivity contribution >= 4 is 25.7 Å². The van der Waals surface area contributed by atoms with Crippen molar-refractivity contribution < 1.29 is 16.8 Å². The van der Waals surface area contributed by atoms with Crippen LogP contribution in [0.1, 0.15) is 13.8 Å². The molecule has 9 heteroatoms. The molecule has 0 aliphatic rings. The lowest BCUT2D eigenvalue weighted by molar-refractivity contribution is 0.560. The summed E-state index contributed by atoms with van der Waals surface area (Å²) in [5.74, 6) is 0.170. The highest BCUT2D eigenvalue weighted by Crippen LogP contribution is 2.18.